The van der Waals surface area contributed by atoms with Gasteiger partial charge in [-0.2, -0.15) is 0 Å². The number of piperidine rings is 1. The normalized spacial score (nSPS) is 31.9. The fourth-order valence-corrected chi connectivity index (χ4v) is 4.40. The van der Waals surface area contributed by atoms with Crippen LogP contribution in [0.2, 0.25) is 0 Å². The molecule has 0 radical (unpaired) electrons. The maximum absolute atomic E-state index is 12.7. The van der Waals surface area contributed by atoms with E-state index in [1.54, 1.807) is 0 Å². The summed E-state index contributed by atoms with van der Waals surface area (Å²) in [5, 5.41) is 7.07. The van der Waals surface area contributed by atoms with E-state index in [0.29, 0.717) is 17.5 Å². The highest BCUT2D eigenvalue weighted by atomic mass is 16.2. The maximum atomic E-state index is 12.7. The summed E-state index contributed by atoms with van der Waals surface area (Å²) in [4.78, 5) is 12.7. The number of carbonyl (C=O) groups excluding carboxylic acids is 1. The van der Waals surface area contributed by atoms with Gasteiger partial charge in [0.15, 0.2) is 0 Å². The molecule has 1 spiro atoms. The minimum Gasteiger partial charge on any atom is -0.353 e. The van der Waals surface area contributed by atoms with Gasteiger partial charge in [0.2, 0.25) is 5.91 Å². The van der Waals surface area contributed by atoms with Crippen LogP contribution in [0.3, 0.4) is 0 Å². The van der Waals surface area contributed by atoms with E-state index in [-0.39, 0.29) is 5.41 Å². The highest BCUT2D eigenvalue weighted by Gasteiger charge is 2.44. The standard InChI is InChI=1S/C16H28N2O/c1-2-15(7-3-4-8-15)14(19)18-13-6-11-17-16(12-13)9-5-10-16/h13,17H,2-12H2,1H3,(H,18,19). The molecule has 0 aromatic carbocycles. The molecule has 3 heteroatoms. The lowest BCUT2D eigenvalue weighted by Gasteiger charge is -2.49. The summed E-state index contributed by atoms with van der Waals surface area (Å²) >= 11 is 0. The topological polar surface area (TPSA) is 41.1 Å². The van der Waals surface area contributed by atoms with E-state index in [1.807, 2.05) is 0 Å². The Hall–Kier alpha value is -0.570. The van der Waals surface area contributed by atoms with Crippen LogP contribution in [0.15, 0.2) is 0 Å². The van der Waals surface area contributed by atoms with E-state index >= 15 is 0 Å². The van der Waals surface area contributed by atoms with E-state index in [4.69, 9.17) is 0 Å². The largest absolute Gasteiger partial charge is 0.353 e. The Balaban J connectivity index is 1.59. The predicted octanol–water partition coefficient (Wildman–Crippen LogP) is 2.75. The summed E-state index contributed by atoms with van der Waals surface area (Å²) in [5.41, 5.74) is 0.350. The molecule has 2 N–H and O–H groups in total. The fourth-order valence-electron chi connectivity index (χ4n) is 4.40. The first-order valence-electron chi connectivity index (χ1n) is 8.24. The molecule has 2 aliphatic carbocycles. The zero-order chi connectivity index (χ0) is 13.3. The van der Waals surface area contributed by atoms with E-state index in [2.05, 4.69) is 17.6 Å². The molecular weight excluding hydrogens is 236 g/mol. The van der Waals surface area contributed by atoms with E-state index in [1.165, 1.54) is 32.1 Å². The van der Waals surface area contributed by atoms with Gasteiger partial charge in [-0.25, -0.2) is 0 Å². The van der Waals surface area contributed by atoms with Crippen LogP contribution in [-0.2, 0) is 4.79 Å². The number of rotatable bonds is 3. The van der Waals surface area contributed by atoms with Gasteiger partial charge in [-0.05, 0) is 57.9 Å². The second-order valence-electron chi connectivity index (χ2n) is 7.06. The molecule has 2 saturated carbocycles. The van der Waals surface area contributed by atoms with Gasteiger partial charge in [0, 0.05) is 17.0 Å². The van der Waals surface area contributed by atoms with E-state index in [9.17, 15) is 4.79 Å². The second kappa shape index (κ2) is 5.08. The van der Waals surface area contributed by atoms with Crippen molar-refractivity contribution < 1.29 is 4.79 Å². The third kappa shape index (κ3) is 2.42. The van der Waals surface area contributed by atoms with Crippen molar-refractivity contribution >= 4 is 5.91 Å². The van der Waals surface area contributed by atoms with Crippen molar-refractivity contribution in [2.75, 3.05) is 6.54 Å². The maximum Gasteiger partial charge on any atom is 0.226 e. The number of nitrogens with one attached hydrogen (secondary N) is 2. The van der Waals surface area contributed by atoms with Crippen LogP contribution >= 0.6 is 0 Å². The highest BCUT2D eigenvalue weighted by molar-refractivity contribution is 5.83. The summed E-state index contributed by atoms with van der Waals surface area (Å²) in [6.45, 7) is 3.25. The van der Waals surface area contributed by atoms with Crippen LogP contribution in [-0.4, -0.2) is 24.0 Å². The summed E-state index contributed by atoms with van der Waals surface area (Å²) in [6.07, 6.45) is 11.9. The Labute approximate surface area is 116 Å². The molecule has 1 saturated heterocycles. The first-order valence-corrected chi connectivity index (χ1v) is 8.24. The minimum absolute atomic E-state index is 0.0301. The monoisotopic (exact) mass is 264 g/mol. The molecule has 3 fully saturated rings. The molecule has 3 nitrogen and oxygen atoms in total. The Morgan fingerprint density at radius 2 is 1.95 bits per heavy atom. The van der Waals surface area contributed by atoms with Crippen LogP contribution in [0.5, 0.6) is 0 Å². The first kappa shape index (κ1) is 13.4. The Bertz CT molecular complexity index is 343. The van der Waals surface area contributed by atoms with Crippen molar-refractivity contribution in [1.29, 1.82) is 0 Å². The zero-order valence-corrected chi connectivity index (χ0v) is 12.3. The van der Waals surface area contributed by atoms with Crippen LogP contribution in [0, 0.1) is 5.41 Å². The lowest BCUT2D eigenvalue weighted by atomic mass is 9.70. The van der Waals surface area contributed by atoms with Gasteiger partial charge in [-0.15, -0.1) is 0 Å². The van der Waals surface area contributed by atoms with Crippen molar-refractivity contribution in [3.63, 3.8) is 0 Å². The van der Waals surface area contributed by atoms with Gasteiger partial charge >= 0.3 is 0 Å². The lowest BCUT2D eigenvalue weighted by Crippen LogP contribution is -2.60. The van der Waals surface area contributed by atoms with Gasteiger partial charge < -0.3 is 10.6 Å². The number of hydrogen-bond donors (Lipinski definition) is 2. The van der Waals surface area contributed by atoms with Gasteiger partial charge in [-0.3, -0.25) is 4.79 Å². The molecule has 1 heterocycles. The summed E-state index contributed by atoms with van der Waals surface area (Å²) in [7, 11) is 0. The molecule has 19 heavy (non-hydrogen) atoms. The highest BCUT2D eigenvalue weighted by Crippen LogP contribution is 2.42. The average molecular weight is 264 g/mol. The first-order chi connectivity index (χ1) is 9.18. The summed E-state index contributed by atoms with van der Waals surface area (Å²) < 4.78 is 0. The summed E-state index contributed by atoms with van der Waals surface area (Å²) in [6, 6.07) is 0.415. The minimum atomic E-state index is -0.0301. The van der Waals surface area contributed by atoms with Crippen LogP contribution in [0.4, 0.5) is 0 Å². The van der Waals surface area contributed by atoms with Gasteiger partial charge in [0.25, 0.3) is 0 Å². The van der Waals surface area contributed by atoms with Crippen molar-refractivity contribution in [1.82, 2.24) is 10.6 Å². The summed E-state index contributed by atoms with van der Waals surface area (Å²) in [5.74, 6) is 0.355. The van der Waals surface area contributed by atoms with Gasteiger partial charge in [0.1, 0.15) is 0 Å². The molecule has 0 aromatic rings. The second-order valence-corrected chi connectivity index (χ2v) is 7.06. The number of hydrogen-bond acceptors (Lipinski definition) is 2. The molecule has 1 atom stereocenters. The molecule has 1 unspecified atom stereocenters. The van der Waals surface area contributed by atoms with Crippen molar-refractivity contribution in [3.05, 3.63) is 0 Å². The lowest BCUT2D eigenvalue weighted by molar-refractivity contribution is -0.132. The predicted molar refractivity (Wildman–Crippen MR) is 76.9 cm³/mol. The zero-order valence-electron chi connectivity index (χ0n) is 12.3. The smallest absolute Gasteiger partial charge is 0.226 e. The van der Waals surface area contributed by atoms with Gasteiger partial charge in [-0.1, -0.05) is 19.8 Å². The third-order valence-electron chi connectivity index (χ3n) is 5.99. The molecule has 0 aromatic heterocycles. The van der Waals surface area contributed by atoms with Gasteiger partial charge in [0.05, 0.1) is 0 Å². The molecule has 108 valence electrons. The van der Waals surface area contributed by atoms with Crippen molar-refractivity contribution in [3.8, 4) is 0 Å². The molecule has 3 aliphatic rings. The van der Waals surface area contributed by atoms with Crippen molar-refractivity contribution in [2.45, 2.75) is 82.7 Å². The number of carbonyl (C=O) groups is 1. The fraction of sp³-hybridized carbons (Fsp3) is 0.938. The molecule has 1 amide bonds. The molecule has 0 bridgehead atoms. The van der Waals surface area contributed by atoms with Crippen LogP contribution < -0.4 is 10.6 Å². The van der Waals surface area contributed by atoms with E-state index in [0.717, 1.165) is 38.6 Å². The SMILES string of the molecule is CCC1(C(=O)NC2CCNC3(CCC3)C2)CCCC1. The third-order valence-corrected chi connectivity index (χ3v) is 5.99. The van der Waals surface area contributed by atoms with Crippen LogP contribution in [0.1, 0.15) is 71.1 Å². The van der Waals surface area contributed by atoms with Crippen molar-refractivity contribution in [2.24, 2.45) is 5.41 Å². The quantitative estimate of drug-likeness (QED) is 0.823. The van der Waals surface area contributed by atoms with E-state index < -0.39 is 0 Å². The Morgan fingerprint density at radius 3 is 2.53 bits per heavy atom. The average Bonchev–Trinajstić information content (AvgIpc) is 2.87. The van der Waals surface area contributed by atoms with Crippen LogP contribution in [0.25, 0.3) is 0 Å². The Morgan fingerprint density at radius 1 is 1.21 bits per heavy atom. The molecule has 3 rings (SSSR count). The Kier molecular flexibility index (Phi) is 3.59. The molecule has 1 aliphatic heterocycles. The number of amides is 1. The molecular formula is C16H28N2O.